The standard InChI is InChI=1S/C9H9FO3S/c1-2-14(12,13)8-3-4-9(10)7(5-8)6-11/h3-6H,2H2,1H3. The van der Waals surface area contributed by atoms with Gasteiger partial charge >= 0.3 is 0 Å². The number of rotatable bonds is 3. The highest BCUT2D eigenvalue weighted by Gasteiger charge is 2.13. The number of hydrogen-bond donors (Lipinski definition) is 0. The molecule has 1 aromatic carbocycles. The molecule has 0 amide bonds. The normalized spacial score (nSPS) is 11.3. The first-order valence-electron chi connectivity index (χ1n) is 3.98. The topological polar surface area (TPSA) is 51.2 Å². The maximum atomic E-state index is 12.8. The first-order valence-corrected chi connectivity index (χ1v) is 5.64. The van der Waals surface area contributed by atoms with Gasteiger partial charge < -0.3 is 0 Å². The molecule has 0 unspecified atom stereocenters. The van der Waals surface area contributed by atoms with Crippen molar-refractivity contribution >= 4 is 16.1 Å². The van der Waals surface area contributed by atoms with E-state index < -0.39 is 15.7 Å². The molecule has 0 aromatic heterocycles. The Morgan fingerprint density at radius 3 is 2.57 bits per heavy atom. The van der Waals surface area contributed by atoms with Crippen molar-refractivity contribution in [2.45, 2.75) is 11.8 Å². The summed E-state index contributed by atoms with van der Waals surface area (Å²) >= 11 is 0. The van der Waals surface area contributed by atoms with E-state index in [1.807, 2.05) is 0 Å². The largest absolute Gasteiger partial charge is 0.298 e. The maximum absolute atomic E-state index is 12.8. The van der Waals surface area contributed by atoms with Gasteiger partial charge in [-0.05, 0) is 18.2 Å². The fourth-order valence-corrected chi connectivity index (χ4v) is 1.89. The number of aldehydes is 1. The van der Waals surface area contributed by atoms with Crippen molar-refractivity contribution in [1.29, 1.82) is 0 Å². The molecule has 0 heterocycles. The van der Waals surface area contributed by atoms with Gasteiger partial charge in [0.2, 0.25) is 0 Å². The average Bonchev–Trinajstić information content (AvgIpc) is 2.18. The molecular formula is C9H9FO3S. The molecule has 3 nitrogen and oxygen atoms in total. The minimum atomic E-state index is -3.37. The van der Waals surface area contributed by atoms with E-state index in [1.165, 1.54) is 6.92 Å². The third kappa shape index (κ3) is 1.98. The SMILES string of the molecule is CCS(=O)(=O)c1ccc(F)c(C=O)c1. The molecule has 0 aliphatic rings. The van der Waals surface area contributed by atoms with Crippen molar-refractivity contribution in [2.75, 3.05) is 5.75 Å². The number of hydrogen-bond acceptors (Lipinski definition) is 3. The Bertz CT molecular complexity index is 451. The first kappa shape index (κ1) is 10.8. The Kier molecular flexibility index (Phi) is 3.00. The Labute approximate surface area is 81.5 Å². The molecule has 0 atom stereocenters. The molecular weight excluding hydrogens is 207 g/mol. The van der Waals surface area contributed by atoms with Crippen LogP contribution in [0.2, 0.25) is 0 Å². The van der Waals surface area contributed by atoms with Crippen molar-refractivity contribution in [1.82, 2.24) is 0 Å². The molecule has 0 bridgehead atoms. The molecule has 1 rings (SSSR count). The predicted molar refractivity (Wildman–Crippen MR) is 49.5 cm³/mol. The smallest absolute Gasteiger partial charge is 0.178 e. The van der Waals surface area contributed by atoms with Crippen LogP contribution in [-0.2, 0) is 9.84 Å². The fourth-order valence-electron chi connectivity index (χ4n) is 0.972. The van der Waals surface area contributed by atoms with Gasteiger partial charge in [0.1, 0.15) is 5.82 Å². The Morgan fingerprint density at radius 1 is 1.43 bits per heavy atom. The van der Waals surface area contributed by atoms with Crippen LogP contribution in [0, 0.1) is 5.82 Å². The van der Waals surface area contributed by atoms with Crippen LogP contribution in [0.25, 0.3) is 0 Å². The number of halogens is 1. The summed E-state index contributed by atoms with van der Waals surface area (Å²) in [5.74, 6) is -0.785. The Morgan fingerprint density at radius 2 is 2.07 bits per heavy atom. The fraction of sp³-hybridized carbons (Fsp3) is 0.222. The van der Waals surface area contributed by atoms with E-state index in [-0.39, 0.29) is 16.2 Å². The van der Waals surface area contributed by atoms with Crippen molar-refractivity contribution in [2.24, 2.45) is 0 Å². The van der Waals surface area contributed by atoms with Gasteiger partial charge in [0.05, 0.1) is 16.2 Å². The lowest BCUT2D eigenvalue weighted by atomic mass is 10.2. The number of carbonyl (C=O) groups excluding carboxylic acids is 1. The molecule has 0 saturated heterocycles. The summed E-state index contributed by atoms with van der Waals surface area (Å²) in [4.78, 5) is 10.3. The zero-order chi connectivity index (χ0) is 10.8. The summed E-state index contributed by atoms with van der Waals surface area (Å²) in [7, 11) is -3.37. The third-order valence-electron chi connectivity index (χ3n) is 1.83. The molecule has 0 fully saturated rings. The maximum Gasteiger partial charge on any atom is 0.178 e. The molecule has 0 saturated carbocycles. The molecule has 0 radical (unpaired) electrons. The van der Waals surface area contributed by atoms with E-state index in [0.29, 0.717) is 6.29 Å². The van der Waals surface area contributed by atoms with Crippen molar-refractivity contribution < 1.29 is 17.6 Å². The van der Waals surface area contributed by atoms with E-state index in [4.69, 9.17) is 0 Å². The summed E-state index contributed by atoms with van der Waals surface area (Å²) in [5, 5.41) is 0. The van der Waals surface area contributed by atoms with Crippen LogP contribution in [0.3, 0.4) is 0 Å². The van der Waals surface area contributed by atoms with Crippen LogP contribution in [0.4, 0.5) is 4.39 Å². The van der Waals surface area contributed by atoms with E-state index in [1.54, 1.807) is 0 Å². The monoisotopic (exact) mass is 216 g/mol. The van der Waals surface area contributed by atoms with Crippen LogP contribution in [0.15, 0.2) is 23.1 Å². The van der Waals surface area contributed by atoms with E-state index >= 15 is 0 Å². The third-order valence-corrected chi connectivity index (χ3v) is 3.57. The Hall–Kier alpha value is -1.23. The quantitative estimate of drug-likeness (QED) is 0.567. The van der Waals surface area contributed by atoms with Gasteiger partial charge in [-0.15, -0.1) is 0 Å². The lowest BCUT2D eigenvalue weighted by molar-refractivity contribution is 0.111. The second-order valence-electron chi connectivity index (χ2n) is 2.70. The minimum absolute atomic E-state index is 0.0245. The van der Waals surface area contributed by atoms with E-state index in [0.717, 1.165) is 18.2 Å². The second kappa shape index (κ2) is 3.88. The molecule has 1 aromatic rings. The predicted octanol–water partition coefficient (Wildman–Crippen LogP) is 1.43. The van der Waals surface area contributed by atoms with Gasteiger partial charge in [0, 0.05) is 0 Å². The highest BCUT2D eigenvalue weighted by molar-refractivity contribution is 7.91. The molecule has 0 spiro atoms. The van der Waals surface area contributed by atoms with Crippen molar-refractivity contribution in [3.63, 3.8) is 0 Å². The first-order chi connectivity index (χ1) is 6.51. The van der Waals surface area contributed by atoms with Crippen molar-refractivity contribution in [3.8, 4) is 0 Å². The summed E-state index contributed by atoms with van der Waals surface area (Å²) in [6.07, 6.45) is 0.296. The lowest BCUT2D eigenvalue weighted by Gasteiger charge is -2.02. The number of benzene rings is 1. The minimum Gasteiger partial charge on any atom is -0.298 e. The van der Waals surface area contributed by atoms with Crippen molar-refractivity contribution in [3.05, 3.63) is 29.6 Å². The zero-order valence-electron chi connectivity index (χ0n) is 7.53. The van der Waals surface area contributed by atoms with Gasteiger partial charge in [-0.3, -0.25) is 4.79 Å². The summed E-state index contributed by atoms with van der Waals surface area (Å²) in [6, 6.07) is 3.18. The van der Waals surface area contributed by atoms with Gasteiger partial charge in [-0.2, -0.15) is 0 Å². The number of carbonyl (C=O) groups is 1. The molecule has 0 N–H and O–H groups in total. The highest BCUT2D eigenvalue weighted by Crippen LogP contribution is 2.14. The molecule has 76 valence electrons. The average molecular weight is 216 g/mol. The van der Waals surface area contributed by atoms with Crippen LogP contribution >= 0.6 is 0 Å². The highest BCUT2D eigenvalue weighted by atomic mass is 32.2. The number of sulfone groups is 1. The molecule has 0 aliphatic carbocycles. The summed E-state index contributed by atoms with van der Waals surface area (Å²) in [5.41, 5.74) is -0.237. The van der Waals surface area contributed by atoms with Crippen LogP contribution in [-0.4, -0.2) is 20.5 Å². The zero-order valence-corrected chi connectivity index (χ0v) is 8.34. The lowest BCUT2D eigenvalue weighted by Crippen LogP contribution is -2.04. The molecule has 14 heavy (non-hydrogen) atoms. The van der Waals surface area contributed by atoms with E-state index in [9.17, 15) is 17.6 Å². The molecule has 0 aliphatic heterocycles. The van der Waals surface area contributed by atoms with Gasteiger partial charge in [0.25, 0.3) is 0 Å². The Balaban J connectivity index is 3.33. The van der Waals surface area contributed by atoms with Gasteiger partial charge in [-0.25, -0.2) is 12.8 Å². The molecule has 5 heteroatoms. The van der Waals surface area contributed by atoms with Gasteiger partial charge in [-0.1, -0.05) is 6.92 Å². The van der Waals surface area contributed by atoms with Crippen LogP contribution in [0.1, 0.15) is 17.3 Å². The van der Waals surface area contributed by atoms with E-state index in [2.05, 4.69) is 0 Å². The second-order valence-corrected chi connectivity index (χ2v) is 4.98. The van der Waals surface area contributed by atoms with Crippen LogP contribution in [0.5, 0.6) is 0 Å². The summed E-state index contributed by atoms with van der Waals surface area (Å²) < 4.78 is 35.5. The van der Waals surface area contributed by atoms with Gasteiger partial charge in [0.15, 0.2) is 16.1 Å². The summed E-state index contributed by atoms with van der Waals surface area (Å²) in [6.45, 7) is 1.49. The van der Waals surface area contributed by atoms with Crippen LogP contribution < -0.4 is 0 Å².